The molecule has 2 rings (SSSR count). The molecular formula is C17H24N2O2. The molecule has 1 heterocycles. The number of carboxylic acid groups (broad SMARTS) is 1. The van der Waals surface area contributed by atoms with E-state index in [0.29, 0.717) is 18.2 Å². The van der Waals surface area contributed by atoms with E-state index in [1.807, 2.05) is 19.1 Å². The number of rotatable bonds is 5. The van der Waals surface area contributed by atoms with Gasteiger partial charge in [0, 0.05) is 22.6 Å². The summed E-state index contributed by atoms with van der Waals surface area (Å²) in [6, 6.07) is 4.12. The Morgan fingerprint density at radius 2 is 2.00 bits per heavy atom. The van der Waals surface area contributed by atoms with Gasteiger partial charge in [-0.2, -0.15) is 0 Å². The van der Waals surface area contributed by atoms with Crippen LogP contribution in [0, 0.1) is 13.8 Å². The third-order valence-corrected chi connectivity index (χ3v) is 4.10. The average molecular weight is 288 g/mol. The fraction of sp³-hybridized carbons (Fsp3) is 0.471. The smallest absolute Gasteiger partial charge is 0.336 e. The van der Waals surface area contributed by atoms with Gasteiger partial charge in [-0.15, -0.1) is 0 Å². The Labute approximate surface area is 125 Å². The second-order valence-electron chi connectivity index (χ2n) is 5.91. The van der Waals surface area contributed by atoms with E-state index in [1.54, 1.807) is 0 Å². The number of carboxylic acids is 1. The molecule has 2 aromatic rings. The first-order valence-electron chi connectivity index (χ1n) is 7.45. The molecule has 0 atom stereocenters. The van der Waals surface area contributed by atoms with Crippen LogP contribution in [-0.4, -0.2) is 22.2 Å². The van der Waals surface area contributed by atoms with Crippen LogP contribution >= 0.6 is 0 Å². The quantitative estimate of drug-likeness (QED) is 0.885. The number of fused-ring (bicyclic) bond motifs is 1. The Morgan fingerprint density at radius 1 is 1.33 bits per heavy atom. The number of hydrogen-bond acceptors (Lipinski definition) is 2. The van der Waals surface area contributed by atoms with Crippen molar-refractivity contribution in [2.45, 2.75) is 46.6 Å². The van der Waals surface area contributed by atoms with Gasteiger partial charge in [0.15, 0.2) is 0 Å². The maximum absolute atomic E-state index is 11.4. The molecule has 0 bridgehead atoms. The van der Waals surface area contributed by atoms with E-state index < -0.39 is 5.97 Å². The molecule has 0 saturated carbocycles. The summed E-state index contributed by atoms with van der Waals surface area (Å²) >= 11 is 0. The molecule has 3 N–H and O–H groups in total. The normalized spacial score (nSPS) is 11.5. The van der Waals surface area contributed by atoms with E-state index >= 15 is 0 Å². The van der Waals surface area contributed by atoms with Crippen LogP contribution in [0.3, 0.4) is 0 Å². The van der Waals surface area contributed by atoms with Gasteiger partial charge < -0.3 is 15.4 Å². The number of aromatic carboxylic acids is 1. The van der Waals surface area contributed by atoms with Crippen molar-refractivity contribution < 1.29 is 9.90 Å². The van der Waals surface area contributed by atoms with E-state index in [9.17, 15) is 9.90 Å². The fourth-order valence-corrected chi connectivity index (χ4v) is 3.15. The summed E-state index contributed by atoms with van der Waals surface area (Å²) in [5.41, 5.74) is 10.4. The number of nitrogens with zero attached hydrogens (tertiary/aromatic N) is 1. The van der Waals surface area contributed by atoms with Gasteiger partial charge >= 0.3 is 5.97 Å². The Morgan fingerprint density at radius 3 is 2.52 bits per heavy atom. The van der Waals surface area contributed by atoms with Gasteiger partial charge in [0.2, 0.25) is 0 Å². The minimum Gasteiger partial charge on any atom is -0.478 e. The van der Waals surface area contributed by atoms with Gasteiger partial charge in [-0.1, -0.05) is 0 Å². The SMILES string of the molecule is Cc1cc2c(CCCN)c(C)n(C(C)C)c2cc1C(=O)O. The first-order valence-corrected chi connectivity index (χ1v) is 7.45. The van der Waals surface area contributed by atoms with E-state index in [4.69, 9.17) is 5.73 Å². The standard InChI is InChI=1S/C17H24N2O2/c1-10(2)19-12(4)13(6-5-7-18)15-8-11(3)14(17(20)21)9-16(15)19/h8-10H,5-7,18H2,1-4H3,(H,20,21). The van der Waals surface area contributed by atoms with Gasteiger partial charge in [0.25, 0.3) is 0 Å². The third-order valence-electron chi connectivity index (χ3n) is 4.10. The second-order valence-corrected chi connectivity index (χ2v) is 5.91. The monoisotopic (exact) mass is 288 g/mol. The molecule has 1 aromatic carbocycles. The maximum atomic E-state index is 11.4. The van der Waals surface area contributed by atoms with Crippen LogP contribution in [0.1, 0.15) is 53.5 Å². The summed E-state index contributed by atoms with van der Waals surface area (Å²) in [6.07, 6.45) is 1.88. The van der Waals surface area contributed by atoms with Gasteiger partial charge in [-0.3, -0.25) is 0 Å². The minimum atomic E-state index is -0.868. The van der Waals surface area contributed by atoms with Crippen LogP contribution < -0.4 is 5.73 Å². The van der Waals surface area contributed by atoms with Crippen molar-refractivity contribution >= 4 is 16.9 Å². The van der Waals surface area contributed by atoms with E-state index in [-0.39, 0.29) is 0 Å². The minimum absolute atomic E-state index is 0.295. The largest absolute Gasteiger partial charge is 0.478 e. The molecule has 0 radical (unpaired) electrons. The van der Waals surface area contributed by atoms with Crippen molar-refractivity contribution in [3.05, 3.63) is 34.5 Å². The molecule has 0 aliphatic heterocycles. The molecule has 114 valence electrons. The number of nitrogens with two attached hydrogens (primary N) is 1. The first-order chi connectivity index (χ1) is 9.88. The molecule has 4 nitrogen and oxygen atoms in total. The summed E-state index contributed by atoms with van der Waals surface area (Å²) in [5, 5.41) is 10.5. The predicted molar refractivity (Wildman–Crippen MR) is 86.1 cm³/mol. The van der Waals surface area contributed by atoms with E-state index in [2.05, 4.69) is 25.3 Å². The zero-order valence-electron chi connectivity index (χ0n) is 13.2. The van der Waals surface area contributed by atoms with Gasteiger partial charge in [0.1, 0.15) is 0 Å². The first kappa shape index (κ1) is 15.6. The molecule has 1 aromatic heterocycles. The lowest BCUT2D eigenvalue weighted by Crippen LogP contribution is -2.05. The van der Waals surface area contributed by atoms with Gasteiger partial charge in [0.05, 0.1) is 5.56 Å². The van der Waals surface area contributed by atoms with Crippen LogP contribution in [-0.2, 0) is 6.42 Å². The van der Waals surface area contributed by atoms with Crippen LogP contribution in [0.25, 0.3) is 10.9 Å². The summed E-state index contributed by atoms with van der Waals surface area (Å²) in [4.78, 5) is 11.4. The number of aromatic nitrogens is 1. The number of aryl methyl sites for hydroxylation is 2. The van der Waals surface area contributed by atoms with Gasteiger partial charge in [-0.25, -0.2) is 4.79 Å². The number of carbonyl (C=O) groups is 1. The van der Waals surface area contributed by atoms with Crippen molar-refractivity contribution in [3.8, 4) is 0 Å². The zero-order chi connectivity index (χ0) is 15.7. The average Bonchev–Trinajstić information content (AvgIpc) is 2.66. The molecule has 0 fully saturated rings. The Bertz CT molecular complexity index is 684. The lowest BCUT2D eigenvalue weighted by Gasteiger charge is -2.13. The van der Waals surface area contributed by atoms with Crippen LogP contribution in [0.15, 0.2) is 12.1 Å². The molecule has 21 heavy (non-hydrogen) atoms. The Hall–Kier alpha value is -1.81. The molecular weight excluding hydrogens is 264 g/mol. The molecule has 0 saturated heterocycles. The fourth-order valence-electron chi connectivity index (χ4n) is 3.15. The van der Waals surface area contributed by atoms with E-state index in [1.165, 1.54) is 11.3 Å². The van der Waals surface area contributed by atoms with Crippen LogP contribution in [0.5, 0.6) is 0 Å². The molecule has 4 heteroatoms. The highest BCUT2D eigenvalue weighted by Gasteiger charge is 2.18. The van der Waals surface area contributed by atoms with Gasteiger partial charge in [-0.05, 0) is 70.3 Å². The van der Waals surface area contributed by atoms with Crippen molar-refractivity contribution in [3.63, 3.8) is 0 Å². The highest BCUT2D eigenvalue weighted by molar-refractivity contribution is 5.97. The topological polar surface area (TPSA) is 68.2 Å². The lowest BCUT2D eigenvalue weighted by atomic mass is 10.0. The Balaban J connectivity index is 2.77. The summed E-state index contributed by atoms with van der Waals surface area (Å²) in [7, 11) is 0. The number of benzene rings is 1. The summed E-state index contributed by atoms with van der Waals surface area (Å²) in [5.74, 6) is -0.868. The van der Waals surface area contributed by atoms with Crippen molar-refractivity contribution in [2.75, 3.05) is 6.54 Å². The molecule has 0 aliphatic carbocycles. The number of hydrogen-bond donors (Lipinski definition) is 2. The zero-order valence-corrected chi connectivity index (χ0v) is 13.2. The van der Waals surface area contributed by atoms with Crippen molar-refractivity contribution in [2.24, 2.45) is 5.73 Å². The van der Waals surface area contributed by atoms with E-state index in [0.717, 1.165) is 29.3 Å². The van der Waals surface area contributed by atoms with Crippen LogP contribution in [0.2, 0.25) is 0 Å². The highest BCUT2D eigenvalue weighted by atomic mass is 16.4. The second kappa shape index (κ2) is 5.90. The highest BCUT2D eigenvalue weighted by Crippen LogP contribution is 2.32. The molecule has 0 amide bonds. The molecule has 0 aliphatic rings. The third kappa shape index (κ3) is 2.68. The molecule has 0 unspecified atom stereocenters. The Kier molecular flexibility index (Phi) is 4.37. The van der Waals surface area contributed by atoms with Crippen LogP contribution in [0.4, 0.5) is 0 Å². The maximum Gasteiger partial charge on any atom is 0.336 e. The van der Waals surface area contributed by atoms with Crippen molar-refractivity contribution in [1.29, 1.82) is 0 Å². The van der Waals surface area contributed by atoms with Crippen molar-refractivity contribution in [1.82, 2.24) is 4.57 Å². The molecule has 0 spiro atoms. The lowest BCUT2D eigenvalue weighted by molar-refractivity contribution is 0.0696. The summed E-state index contributed by atoms with van der Waals surface area (Å²) in [6.45, 7) is 8.89. The summed E-state index contributed by atoms with van der Waals surface area (Å²) < 4.78 is 2.23. The predicted octanol–water partition coefficient (Wildman–Crippen LogP) is 3.43.